The number of aromatic nitrogens is 6. The molecular formula is C28H29N9O3. The first-order valence-corrected chi connectivity index (χ1v) is 13.0. The summed E-state index contributed by atoms with van der Waals surface area (Å²) in [6, 6.07) is 9.54. The molecule has 0 saturated carbocycles. The van der Waals surface area contributed by atoms with Gasteiger partial charge in [0, 0.05) is 71.2 Å². The van der Waals surface area contributed by atoms with Crippen molar-refractivity contribution in [1.29, 1.82) is 0 Å². The molecule has 6 rings (SSSR count). The highest BCUT2D eigenvalue weighted by molar-refractivity contribution is 5.89. The van der Waals surface area contributed by atoms with Gasteiger partial charge in [0.25, 0.3) is 0 Å². The fourth-order valence-corrected chi connectivity index (χ4v) is 4.77. The van der Waals surface area contributed by atoms with Gasteiger partial charge in [-0.25, -0.2) is 14.8 Å². The second-order valence-corrected chi connectivity index (χ2v) is 9.74. The summed E-state index contributed by atoms with van der Waals surface area (Å²) in [7, 11) is 3.45. The summed E-state index contributed by atoms with van der Waals surface area (Å²) in [6.45, 7) is 2.00. The number of hydrogen-bond acceptors (Lipinski definition) is 9. The zero-order chi connectivity index (χ0) is 27.5. The summed E-state index contributed by atoms with van der Waals surface area (Å²) >= 11 is 0. The Labute approximate surface area is 230 Å². The molecule has 1 fully saturated rings. The molecule has 1 aliphatic rings. The van der Waals surface area contributed by atoms with Gasteiger partial charge in [-0.3, -0.25) is 15.5 Å². The van der Waals surface area contributed by atoms with Gasteiger partial charge in [0.15, 0.2) is 0 Å². The maximum Gasteiger partial charge on any atom is 0.411 e. The van der Waals surface area contributed by atoms with Crippen molar-refractivity contribution in [1.82, 2.24) is 35.3 Å². The van der Waals surface area contributed by atoms with Crippen LogP contribution < -0.4 is 15.4 Å². The highest BCUT2D eigenvalue weighted by Gasteiger charge is 2.21. The van der Waals surface area contributed by atoms with Gasteiger partial charge in [-0.05, 0) is 49.7 Å². The number of carbonyl (C=O) groups is 1. The molecule has 12 nitrogen and oxygen atoms in total. The van der Waals surface area contributed by atoms with Crippen molar-refractivity contribution in [3.8, 4) is 28.0 Å². The van der Waals surface area contributed by atoms with Gasteiger partial charge < -0.3 is 19.7 Å². The van der Waals surface area contributed by atoms with E-state index in [4.69, 9.17) is 14.5 Å². The van der Waals surface area contributed by atoms with E-state index in [1.54, 1.807) is 30.9 Å². The molecule has 4 heterocycles. The monoisotopic (exact) mass is 539 g/mol. The minimum atomic E-state index is -0.567. The van der Waals surface area contributed by atoms with E-state index in [0.717, 1.165) is 64.8 Å². The van der Waals surface area contributed by atoms with Gasteiger partial charge in [-0.15, -0.1) is 0 Å². The van der Waals surface area contributed by atoms with Crippen molar-refractivity contribution in [3.05, 3.63) is 61.3 Å². The van der Waals surface area contributed by atoms with Crippen molar-refractivity contribution < 1.29 is 14.3 Å². The van der Waals surface area contributed by atoms with E-state index < -0.39 is 6.09 Å². The van der Waals surface area contributed by atoms with E-state index in [2.05, 4.69) is 48.0 Å². The van der Waals surface area contributed by atoms with Crippen LogP contribution in [0.4, 0.5) is 22.1 Å². The fraction of sp³-hybridized carbons (Fsp3) is 0.250. The Balaban J connectivity index is 1.33. The molecule has 0 radical (unpaired) electrons. The van der Waals surface area contributed by atoms with Gasteiger partial charge >= 0.3 is 6.09 Å². The third-order valence-corrected chi connectivity index (χ3v) is 6.90. The molecule has 4 N–H and O–H groups in total. The van der Waals surface area contributed by atoms with Crippen LogP contribution in [0, 0.1) is 0 Å². The number of fused-ring (bicyclic) bond motifs is 1. The van der Waals surface area contributed by atoms with Gasteiger partial charge in [-0.2, -0.15) is 10.2 Å². The molecular weight excluding hydrogens is 510 g/mol. The molecule has 40 heavy (non-hydrogen) atoms. The molecule has 0 atom stereocenters. The summed E-state index contributed by atoms with van der Waals surface area (Å²) in [5.74, 6) is 1.17. The van der Waals surface area contributed by atoms with E-state index in [9.17, 15) is 4.79 Å². The minimum absolute atomic E-state index is 0.130. The third-order valence-electron chi connectivity index (χ3n) is 6.90. The lowest BCUT2D eigenvalue weighted by Gasteiger charge is -2.30. The lowest BCUT2D eigenvalue weighted by Crippen LogP contribution is -2.35. The molecule has 1 amide bonds. The van der Waals surface area contributed by atoms with Crippen molar-refractivity contribution in [2.45, 2.75) is 18.9 Å². The summed E-state index contributed by atoms with van der Waals surface area (Å²) in [5.41, 5.74) is 5.55. The molecule has 0 spiro atoms. The molecule has 5 aromatic rings. The topological polar surface area (TPSA) is 146 Å². The van der Waals surface area contributed by atoms with E-state index in [1.807, 2.05) is 30.5 Å². The molecule has 1 saturated heterocycles. The number of nitrogens with zero attached hydrogens (tertiary/aromatic N) is 5. The van der Waals surface area contributed by atoms with E-state index in [1.165, 1.54) is 7.11 Å². The number of aromatic amines is 2. The van der Waals surface area contributed by atoms with Crippen LogP contribution in [-0.4, -0.2) is 74.7 Å². The average molecular weight is 540 g/mol. The zero-order valence-electron chi connectivity index (χ0n) is 22.1. The number of H-pyrrole nitrogens is 2. The molecule has 0 aliphatic carbocycles. The molecule has 204 valence electrons. The van der Waals surface area contributed by atoms with Gasteiger partial charge in [0.2, 0.25) is 5.95 Å². The number of ether oxygens (including phenoxy) is 2. The lowest BCUT2D eigenvalue weighted by atomic mass is 10.0. The molecule has 1 aliphatic heterocycles. The Morgan fingerprint density at radius 1 is 0.950 bits per heavy atom. The normalized spacial score (nSPS) is 14.2. The molecule has 2 aromatic carbocycles. The van der Waals surface area contributed by atoms with Crippen LogP contribution >= 0.6 is 0 Å². The van der Waals surface area contributed by atoms with Crippen LogP contribution in [0.1, 0.15) is 12.8 Å². The number of benzene rings is 2. The SMILES string of the molecule is COC(=O)Nc1cc(Nc2ncc3cc(-c4cn[nH]c4)c(OC4CCN(C)CC4)cc3n2)cc(-c2cn[nH]c2)c1. The fourth-order valence-electron chi connectivity index (χ4n) is 4.77. The second-order valence-electron chi connectivity index (χ2n) is 9.74. The average Bonchev–Trinajstić information content (AvgIpc) is 3.69. The highest BCUT2D eigenvalue weighted by Crippen LogP contribution is 2.35. The minimum Gasteiger partial charge on any atom is -0.490 e. The van der Waals surface area contributed by atoms with Crippen molar-refractivity contribution >= 4 is 34.3 Å². The van der Waals surface area contributed by atoms with E-state index in [0.29, 0.717) is 17.3 Å². The number of carbonyl (C=O) groups excluding carboxylic acids is 1. The Hall–Kier alpha value is -4.97. The van der Waals surface area contributed by atoms with Gasteiger partial charge in [0.05, 0.1) is 25.0 Å². The van der Waals surface area contributed by atoms with Crippen LogP contribution in [0.25, 0.3) is 33.2 Å². The van der Waals surface area contributed by atoms with Gasteiger partial charge in [-0.1, -0.05) is 0 Å². The predicted molar refractivity (Wildman–Crippen MR) is 152 cm³/mol. The maximum absolute atomic E-state index is 11.9. The lowest BCUT2D eigenvalue weighted by molar-refractivity contribution is 0.115. The largest absolute Gasteiger partial charge is 0.490 e. The van der Waals surface area contributed by atoms with Crippen molar-refractivity contribution in [2.24, 2.45) is 0 Å². The zero-order valence-corrected chi connectivity index (χ0v) is 22.1. The number of piperidine rings is 1. The van der Waals surface area contributed by atoms with Crippen LogP contribution in [0.3, 0.4) is 0 Å². The Bertz CT molecular complexity index is 1610. The van der Waals surface area contributed by atoms with Crippen LogP contribution in [-0.2, 0) is 4.74 Å². The Morgan fingerprint density at radius 2 is 1.70 bits per heavy atom. The first-order chi connectivity index (χ1) is 19.5. The quantitative estimate of drug-likeness (QED) is 0.229. The number of likely N-dealkylation sites (tertiary alicyclic amines) is 1. The van der Waals surface area contributed by atoms with Crippen molar-refractivity contribution in [2.75, 3.05) is 37.9 Å². The molecule has 3 aromatic heterocycles. The standard InChI is InChI=1S/C28H29N9O3/c1-37-5-3-23(4-6-37)40-26-11-25-18(9-24(26)20-15-32-33-16-20)12-29-27(36-25)34-21-7-17(19-13-30-31-14-19)8-22(10-21)35-28(38)39-2/h7-16,23H,3-6H2,1-2H3,(H,30,31)(H,32,33)(H,35,38)(H,29,34,36). The number of amides is 1. The highest BCUT2D eigenvalue weighted by atomic mass is 16.5. The van der Waals surface area contributed by atoms with E-state index in [-0.39, 0.29) is 6.10 Å². The first kappa shape index (κ1) is 25.3. The number of methoxy groups -OCH3 is 1. The molecule has 12 heteroatoms. The van der Waals surface area contributed by atoms with Crippen LogP contribution in [0.15, 0.2) is 61.3 Å². The number of hydrogen-bond donors (Lipinski definition) is 4. The molecule has 0 unspecified atom stereocenters. The summed E-state index contributed by atoms with van der Waals surface area (Å²) in [6.07, 6.45) is 10.4. The maximum atomic E-state index is 11.9. The smallest absolute Gasteiger partial charge is 0.411 e. The van der Waals surface area contributed by atoms with Crippen molar-refractivity contribution in [3.63, 3.8) is 0 Å². The Morgan fingerprint density at radius 3 is 2.42 bits per heavy atom. The van der Waals surface area contributed by atoms with Crippen LogP contribution in [0.2, 0.25) is 0 Å². The first-order valence-electron chi connectivity index (χ1n) is 13.0. The Kier molecular flexibility index (Phi) is 6.98. The second kappa shape index (κ2) is 11.0. The predicted octanol–water partition coefficient (Wildman–Crippen LogP) is 4.80. The van der Waals surface area contributed by atoms with Crippen LogP contribution in [0.5, 0.6) is 5.75 Å². The summed E-state index contributed by atoms with van der Waals surface area (Å²) in [5, 5.41) is 20.7. The number of rotatable bonds is 7. The van der Waals surface area contributed by atoms with Gasteiger partial charge in [0.1, 0.15) is 11.9 Å². The summed E-state index contributed by atoms with van der Waals surface area (Å²) < 4.78 is 11.3. The summed E-state index contributed by atoms with van der Waals surface area (Å²) in [4.78, 5) is 23.5. The third kappa shape index (κ3) is 5.57. The number of anilines is 3. The number of nitrogens with one attached hydrogen (secondary N) is 4. The van der Waals surface area contributed by atoms with E-state index >= 15 is 0 Å². The molecule has 0 bridgehead atoms.